The van der Waals surface area contributed by atoms with Gasteiger partial charge in [-0.25, -0.2) is 4.79 Å². The third-order valence-electron chi connectivity index (χ3n) is 3.91. The van der Waals surface area contributed by atoms with Gasteiger partial charge in [0.1, 0.15) is 11.9 Å². The molecule has 7 nitrogen and oxygen atoms in total. The number of amides is 1. The van der Waals surface area contributed by atoms with Gasteiger partial charge in [-0.1, -0.05) is 12.1 Å². The Morgan fingerprint density at radius 3 is 2.62 bits per heavy atom. The quantitative estimate of drug-likeness (QED) is 0.747. The van der Waals surface area contributed by atoms with Crippen LogP contribution in [0.5, 0.6) is 5.75 Å². The number of ether oxygens (including phenoxy) is 3. The Labute approximate surface area is 140 Å². The van der Waals surface area contributed by atoms with E-state index >= 15 is 0 Å². The van der Waals surface area contributed by atoms with Gasteiger partial charge < -0.3 is 24.6 Å². The molecule has 1 amide bonds. The van der Waals surface area contributed by atoms with Gasteiger partial charge in [0, 0.05) is 6.61 Å². The highest BCUT2D eigenvalue weighted by atomic mass is 16.5. The molecule has 1 fully saturated rings. The van der Waals surface area contributed by atoms with Crippen LogP contribution in [0, 0.1) is 0 Å². The minimum absolute atomic E-state index is 0.0112. The summed E-state index contributed by atoms with van der Waals surface area (Å²) in [6, 6.07) is 5.37. The molecule has 3 unspecified atom stereocenters. The van der Waals surface area contributed by atoms with E-state index in [0.29, 0.717) is 24.5 Å². The van der Waals surface area contributed by atoms with E-state index in [-0.39, 0.29) is 6.10 Å². The fourth-order valence-electron chi connectivity index (χ4n) is 2.45. The van der Waals surface area contributed by atoms with Gasteiger partial charge in [0.05, 0.1) is 19.8 Å². The molecule has 1 aromatic rings. The first-order valence-electron chi connectivity index (χ1n) is 7.91. The number of carboxylic acids is 1. The monoisotopic (exact) mass is 337 g/mol. The van der Waals surface area contributed by atoms with Crippen LogP contribution in [-0.2, 0) is 19.1 Å². The average molecular weight is 337 g/mol. The van der Waals surface area contributed by atoms with Gasteiger partial charge in [0.25, 0.3) is 0 Å². The van der Waals surface area contributed by atoms with Crippen LogP contribution in [-0.4, -0.2) is 49.5 Å². The summed E-state index contributed by atoms with van der Waals surface area (Å²) in [5.74, 6) is -1.00. The topological polar surface area (TPSA) is 94.1 Å². The third-order valence-corrected chi connectivity index (χ3v) is 3.91. The second-order valence-electron chi connectivity index (χ2n) is 5.66. The van der Waals surface area contributed by atoms with Gasteiger partial charge in [-0.2, -0.15) is 0 Å². The molecule has 24 heavy (non-hydrogen) atoms. The minimum atomic E-state index is -1.14. The molecular weight excluding hydrogens is 314 g/mol. The van der Waals surface area contributed by atoms with Crippen molar-refractivity contribution in [3.05, 3.63) is 29.8 Å². The Morgan fingerprint density at radius 1 is 1.38 bits per heavy atom. The molecule has 0 radical (unpaired) electrons. The Hall–Kier alpha value is -2.12. The molecule has 3 atom stereocenters. The highest BCUT2D eigenvalue weighted by Gasteiger charge is 2.26. The number of carboxylic acid groups (broad SMARTS) is 1. The summed E-state index contributed by atoms with van der Waals surface area (Å²) < 4.78 is 16.0. The fourth-order valence-corrected chi connectivity index (χ4v) is 2.45. The molecule has 0 bridgehead atoms. The second kappa shape index (κ2) is 8.65. The molecule has 0 aromatic heterocycles. The van der Waals surface area contributed by atoms with Crippen molar-refractivity contribution in [2.24, 2.45) is 0 Å². The lowest BCUT2D eigenvalue weighted by atomic mass is 10.1. The Balaban J connectivity index is 1.92. The summed E-state index contributed by atoms with van der Waals surface area (Å²) in [5.41, 5.74) is 0.461. The lowest BCUT2D eigenvalue weighted by Gasteiger charge is -2.20. The van der Waals surface area contributed by atoms with Crippen molar-refractivity contribution in [2.75, 3.05) is 20.3 Å². The SMILES string of the molecule is COc1ccc(C(NC(=O)C(C)OCC2CCCO2)C(=O)O)cc1. The summed E-state index contributed by atoms with van der Waals surface area (Å²) in [4.78, 5) is 23.7. The van der Waals surface area contributed by atoms with Crippen molar-refractivity contribution in [3.63, 3.8) is 0 Å². The van der Waals surface area contributed by atoms with E-state index in [4.69, 9.17) is 14.2 Å². The summed E-state index contributed by atoms with van der Waals surface area (Å²) in [7, 11) is 1.53. The van der Waals surface area contributed by atoms with E-state index in [2.05, 4.69) is 5.32 Å². The number of carbonyl (C=O) groups excluding carboxylic acids is 1. The first kappa shape index (κ1) is 18.2. The molecule has 2 N–H and O–H groups in total. The zero-order valence-corrected chi connectivity index (χ0v) is 13.9. The number of hydrogen-bond donors (Lipinski definition) is 2. The Morgan fingerprint density at radius 2 is 2.08 bits per heavy atom. The van der Waals surface area contributed by atoms with Crippen LogP contribution in [0.4, 0.5) is 0 Å². The first-order chi connectivity index (χ1) is 11.5. The average Bonchev–Trinajstić information content (AvgIpc) is 3.10. The Kier molecular flexibility index (Phi) is 6.57. The molecule has 1 saturated heterocycles. The lowest BCUT2D eigenvalue weighted by molar-refractivity contribution is -0.145. The maximum atomic E-state index is 12.2. The minimum Gasteiger partial charge on any atom is -0.497 e. The molecular formula is C17H23NO6. The van der Waals surface area contributed by atoms with Crippen LogP contribution in [0.2, 0.25) is 0 Å². The van der Waals surface area contributed by atoms with Gasteiger partial charge in [0.15, 0.2) is 6.04 Å². The highest BCUT2D eigenvalue weighted by Crippen LogP contribution is 2.18. The highest BCUT2D eigenvalue weighted by molar-refractivity contribution is 5.86. The standard InChI is InChI=1S/C17H23NO6/c1-11(24-10-14-4-3-9-23-14)16(19)18-15(17(20)21)12-5-7-13(22-2)8-6-12/h5-8,11,14-15H,3-4,9-10H2,1-2H3,(H,18,19)(H,20,21). The largest absolute Gasteiger partial charge is 0.497 e. The zero-order chi connectivity index (χ0) is 17.5. The van der Waals surface area contributed by atoms with Crippen LogP contribution in [0.25, 0.3) is 0 Å². The number of carbonyl (C=O) groups is 2. The van der Waals surface area contributed by atoms with Crippen molar-refractivity contribution in [3.8, 4) is 5.75 Å². The summed E-state index contributed by atoms with van der Waals surface area (Å²) >= 11 is 0. The zero-order valence-electron chi connectivity index (χ0n) is 13.9. The van der Waals surface area contributed by atoms with E-state index in [0.717, 1.165) is 12.8 Å². The smallest absolute Gasteiger partial charge is 0.330 e. The van der Waals surface area contributed by atoms with Crippen LogP contribution in [0.3, 0.4) is 0 Å². The number of aliphatic carboxylic acids is 1. The lowest BCUT2D eigenvalue weighted by Crippen LogP contribution is -2.40. The number of rotatable bonds is 8. The molecule has 2 rings (SSSR count). The number of nitrogens with one attached hydrogen (secondary N) is 1. The number of benzene rings is 1. The second-order valence-corrected chi connectivity index (χ2v) is 5.66. The van der Waals surface area contributed by atoms with Gasteiger partial charge in [0.2, 0.25) is 5.91 Å². The van der Waals surface area contributed by atoms with E-state index in [1.54, 1.807) is 31.2 Å². The molecule has 0 spiro atoms. The molecule has 1 aromatic carbocycles. The molecule has 0 aliphatic carbocycles. The van der Waals surface area contributed by atoms with Crippen molar-refractivity contribution < 1.29 is 28.9 Å². The maximum absolute atomic E-state index is 12.2. The van der Waals surface area contributed by atoms with Crippen molar-refractivity contribution >= 4 is 11.9 Å². The summed E-state index contributed by atoms with van der Waals surface area (Å²) in [6.45, 7) is 2.64. The summed E-state index contributed by atoms with van der Waals surface area (Å²) in [6.07, 6.45) is 1.16. The van der Waals surface area contributed by atoms with Crippen LogP contribution in [0.1, 0.15) is 31.4 Å². The molecule has 7 heteroatoms. The number of hydrogen-bond acceptors (Lipinski definition) is 5. The fraction of sp³-hybridized carbons (Fsp3) is 0.529. The van der Waals surface area contributed by atoms with Crippen LogP contribution in [0.15, 0.2) is 24.3 Å². The van der Waals surface area contributed by atoms with Crippen molar-refractivity contribution in [1.29, 1.82) is 0 Å². The van der Waals surface area contributed by atoms with E-state index in [1.807, 2.05) is 0 Å². The van der Waals surface area contributed by atoms with Gasteiger partial charge >= 0.3 is 5.97 Å². The summed E-state index contributed by atoms with van der Waals surface area (Å²) in [5, 5.41) is 11.9. The predicted octanol–water partition coefficient (Wildman–Crippen LogP) is 1.52. The van der Waals surface area contributed by atoms with E-state index in [1.165, 1.54) is 7.11 Å². The third kappa shape index (κ3) is 4.94. The Bertz CT molecular complexity index is 553. The van der Waals surface area contributed by atoms with Crippen molar-refractivity contribution in [1.82, 2.24) is 5.32 Å². The molecule has 0 saturated carbocycles. The van der Waals surface area contributed by atoms with Crippen LogP contribution >= 0.6 is 0 Å². The van der Waals surface area contributed by atoms with Gasteiger partial charge in [-0.3, -0.25) is 4.79 Å². The molecule has 132 valence electrons. The molecule has 1 aliphatic heterocycles. The normalized spacial score (nSPS) is 19.5. The van der Waals surface area contributed by atoms with Gasteiger partial charge in [-0.05, 0) is 37.5 Å². The van der Waals surface area contributed by atoms with E-state index < -0.39 is 24.0 Å². The predicted molar refractivity (Wildman–Crippen MR) is 85.9 cm³/mol. The van der Waals surface area contributed by atoms with Crippen molar-refractivity contribution in [2.45, 2.75) is 38.0 Å². The molecule has 1 aliphatic rings. The first-order valence-corrected chi connectivity index (χ1v) is 7.91. The van der Waals surface area contributed by atoms with E-state index in [9.17, 15) is 14.7 Å². The number of methoxy groups -OCH3 is 1. The maximum Gasteiger partial charge on any atom is 0.330 e. The van der Waals surface area contributed by atoms with Crippen LogP contribution < -0.4 is 10.1 Å². The van der Waals surface area contributed by atoms with Gasteiger partial charge in [-0.15, -0.1) is 0 Å². The molecule has 1 heterocycles.